The zero-order valence-electron chi connectivity index (χ0n) is 21.2. The van der Waals surface area contributed by atoms with Crippen LogP contribution in [0.4, 0.5) is 0 Å². The minimum Gasteiger partial charge on any atom is -0.493 e. The Labute approximate surface area is 223 Å². The maximum absolute atomic E-state index is 10.7. The van der Waals surface area contributed by atoms with Crippen molar-refractivity contribution in [3.05, 3.63) is 48.0 Å². The summed E-state index contributed by atoms with van der Waals surface area (Å²) >= 11 is 0. The Hall–Kier alpha value is -3.74. The first-order chi connectivity index (χ1) is 18.9. The van der Waals surface area contributed by atoms with E-state index in [9.17, 15) is 20.4 Å². The molecule has 0 radical (unpaired) electrons. The molecule has 0 bridgehead atoms. The van der Waals surface area contributed by atoms with Crippen molar-refractivity contribution in [3.8, 4) is 39.9 Å². The molecule has 0 spiro atoms. The van der Waals surface area contributed by atoms with Gasteiger partial charge >= 0.3 is 0 Å². The van der Waals surface area contributed by atoms with Crippen LogP contribution in [0.25, 0.3) is 27.7 Å². The second kappa shape index (κ2) is 9.78. The maximum Gasteiger partial charge on any atom is 0.231 e. The summed E-state index contributed by atoms with van der Waals surface area (Å²) in [5, 5.41) is 42.2. The Bertz CT molecular complexity index is 1450. The van der Waals surface area contributed by atoms with Gasteiger partial charge in [0.05, 0.1) is 20.8 Å². The van der Waals surface area contributed by atoms with Gasteiger partial charge in [-0.3, -0.25) is 0 Å². The van der Waals surface area contributed by atoms with Crippen molar-refractivity contribution < 1.29 is 53.6 Å². The number of methoxy groups -OCH3 is 2. The molecule has 1 fully saturated rings. The van der Waals surface area contributed by atoms with Crippen LogP contribution in [0, 0.1) is 0 Å². The second-order valence-corrected chi connectivity index (χ2v) is 9.41. The monoisotopic (exact) mass is 540 g/mol. The third-order valence-electron chi connectivity index (χ3n) is 7.28. The SMILES string of the molecule is C=C1OCc2c1c(-c1ccc3c(c1)OCO3)c1cc(OC)c(OC)cc1c2OC1OC(CO)C(O)C(O)C1O. The van der Waals surface area contributed by atoms with Gasteiger partial charge in [-0.2, -0.15) is 0 Å². The van der Waals surface area contributed by atoms with Gasteiger partial charge in [0.2, 0.25) is 13.1 Å². The van der Waals surface area contributed by atoms with Gasteiger partial charge < -0.3 is 53.6 Å². The molecule has 0 aromatic heterocycles. The fourth-order valence-electron chi connectivity index (χ4n) is 5.28. The summed E-state index contributed by atoms with van der Waals surface area (Å²) in [6.07, 6.45) is -7.28. The van der Waals surface area contributed by atoms with Crippen LogP contribution in [0.3, 0.4) is 0 Å². The van der Waals surface area contributed by atoms with Gasteiger partial charge in [0.1, 0.15) is 42.5 Å². The van der Waals surface area contributed by atoms with E-state index in [0.717, 1.165) is 11.1 Å². The predicted molar refractivity (Wildman–Crippen MR) is 137 cm³/mol. The summed E-state index contributed by atoms with van der Waals surface area (Å²) in [6, 6.07) is 9.15. The van der Waals surface area contributed by atoms with E-state index in [-0.39, 0.29) is 13.4 Å². The summed E-state index contributed by atoms with van der Waals surface area (Å²) in [5.41, 5.74) is 2.89. The van der Waals surface area contributed by atoms with E-state index in [4.69, 9.17) is 33.2 Å². The number of rotatable bonds is 6. The second-order valence-electron chi connectivity index (χ2n) is 9.41. The lowest BCUT2D eigenvalue weighted by Gasteiger charge is -2.40. The van der Waals surface area contributed by atoms with Gasteiger partial charge in [0, 0.05) is 22.1 Å². The molecule has 6 rings (SSSR count). The van der Waals surface area contributed by atoms with Crippen LogP contribution in [-0.2, 0) is 16.1 Å². The number of fused-ring (bicyclic) bond motifs is 3. The lowest BCUT2D eigenvalue weighted by molar-refractivity contribution is -0.277. The highest BCUT2D eigenvalue weighted by Gasteiger charge is 2.45. The molecule has 3 aromatic rings. The van der Waals surface area contributed by atoms with Gasteiger partial charge in [-0.15, -0.1) is 0 Å². The average Bonchev–Trinajstić information content (AvgIpc) is 3.58. The van der Waals surface area contributed by atoms with E-state index in [1.165, 1.54) is 14.2 Å². The Balaban J connectivity index is 1.59. The number of aliphatic hydroxyl groups excluding tert-OH is 4. The van der Waals surface area contributed by atoms with Crippen molar-refractivity contribution in [2.24, 2.45) is 0 Å². The molecule has 0 saturated carbocycles. The highest BCUT2D eigenvalue weighted by molar-refractivity contribution is 6.08. The third-order valence-corrected chi connectivity index (χ3v) is 7.28. The van der Waals surface area contributed by atoms with Crippen LogP contribution in [0.5, 0.6) is 28.7 Å². The molecule has 3 aromatic carbocycles. The molecular weight excluding hydrogens is 512 g/mol. The van der Waals surface area contributed by atoms with Gasteiger partial charge in [0.15, 0.2) is 23.0 Å². The summed E-state index contributed by atoms with van der Waals surface area (Å²) in [7, 11) is 3.05. The van der Waals surface area contributed by atoms with Crippen LogP contribution in [-0.4, -0.2) is 78.8 Å². The molecule has 11 nitrogen and oxygen atoms in total. The summed E-state index contributed by atoms with van der Waals surface area (Å²) < 4.78 is 40.1. The molecule has 39 heavy (non-hydrogen) atoms. The van der Waals surface area contributed by atoms with Crippen LogP contribution >= 0.6 is 0 Å². The zero-order valence-corrected chi connectivity index (χ0v) is 21.2. The number of aliphatic hydroxyl groups is 4. The Morgan fingerprint density at radius 3 is 2.31 bits per heavy atom. The Morgan fingerprint density at radius 2 is 1.59 bits per heavy atom. The average molecular weight is 541 g/mol. The molecule has 0 amide bonds. The topological polar surface area (TPSA) is 146 Å². The molecular formula is C28H28O11. The van der Waals surface area contributed by atoms with Crippen molar-refractivity contribution in [2.45, 2.75) is 37.3 Å². The number of benzene rings is 3. The quantitative estimate of drug-likeness (QED) is 0.364. The van der Waals surface area contributed by atoms with Crippen LogP contribution in [0.1, 0.15) is 11.1 Å². The highest BCUT2D eigenvalue weighted by Crippen LogP contribution is 2.51. The Kier molecular flexibility index (Phi) is 6.40. The number of hydrogen-bond donors (Lipinski definition) is 4. The first kappa shape index (κ1) is 25.5. The molecule has 3 aliphatic rings. The molecule has 4 N–H and O–H groups in total. The molecule has 1 saturated heterocycles. The van der Waals surface area contributed by atoms with E-state index in [1.807, 2.05) is 18.2 Å². The molecule has 3 aliphatic heterocycles. The Morgan fingerprint density at radius 1 is 0.872 bits per heavy atom. The molecule has 3 heterocycles. The van der Waals surface area contributed by atoms with E-state index in [0.29, 0.717) is 56.4 Å². The van der Waals surface area contributed by atoms with E-state index in [1.54, 1.807) is 12.1 Å². The number of hydrogen-bond acceptors (Lipinski definition) is 11. The lowest BCUT2D eigenvalue weighted by atomic mass is 9.88. The third kappa shape index (κ3) is 4.01. The van der Waals surface area contributed by atoms with Gasteiger partial charge in [-0.05, 0) is 35.2 Å². The molecule has 206 valence electrons. The first-order valence-corrected chi connectivity index (χ1v) is 12.3. The molecule has 11 heteroatoms. The summed E-state index contributed by atoms with van der Waals surface area (Å²) in [6.45, 7) is 3.77. The number of ether oxygens (including phenoxy) is 7. The van der Waals surface area contributed by atoms with Crippen molar-refractivity contribution >= 4 is 16.5 Å². The smallest absolute Gasteiger partial charge is 0.231 e. The fourth-order valence-corrected chi connectivity index (χ4v) is 5.28. The van der Waals surface area contributed by atoms with Crippen LogP contribution in [0.15, 0.2) is 36.9 Å². The first-order valence-electron chi connectivity index (χ1n) is 12.3. The van der Waals surface area contributed by atoms with E-state index in [2.05, 4.69) is 6.58 Å². The normalized spacial score (nSPS) is 25.4. The van der Waals surface area contributed by atoms with Gasteiger partial charge in [0.25, 0.3) is 0 Å². The molecule has 5 atom stereocenters. The molecule has 0 aliphatic carbocycles. The van der Waals surface area contributed by atoms with Crippen molar-refractivity contribution in [1.29, 1.82) is 0 Å². The summed E-state index contributed by atoms with van der Waals surface area (Å²) in [5.74, 6) is 2.84. The zero-order chi connectivity index (χ0) is 27.4. The predicted octanol–water partition coefficient (Wildman–Crippen LogP) is 1.93. The molecule has 5 unspecified atom stereocenters. The largest absolute Gasteiger partial charge is 0.493 e. The van der Waals surface area contributed by atoms with Crippen LogP contribution in [0.2, 0.25) is 0 Å². The van der Waals surface area contributed by atoms with Crippen LogP contribution < -0.4 is 23.7 Å². The minimum absolute atomic E-state index is 0.114. The minimum atomic E-state index is -1.60. The fraction of sp³-hybridized carbons (Fsp3) is 0.357. The maximum atomic E-state index is 10.7. The van der Waals surface area contributed by atoms with Gasteiger partial charge in [-0.25, -0.2) is 0 Å². The van der Waals surface area contributed by atoms with E-state index >= 15 is 0 Å². The standard InChI is InChI=1S/C28H28O11/c1-12-22-16(10-35-12)27(39-28-26(32)25(31)24(30)21(9-29)38-28)15-8-19(34-3)18(33-2)7-14(15)23(22)13-4-5-17-20(6-13)37-11-36-17/h4-8,21,24-26,28-32H,1,9-11H2,2-3H3. The van der Waals surface area contributed by atoms with Crippen molar-refractivity contribution in [3.63, 3.8) is 0 Å². The van der Waals surface area contributed by atoms with Crippen molar-refractivity contribution in [2.75, 3.05) is 27.6 Å². The van der Waals surface area contributed by atoms with E-state index < -0.39 is 37.3 Å². The lowest BCUT2D eigenvalue weighted by Crippen LogP contribution is -2.60. The van der Waals surface area contributed by atoms with Crippen molar-refractivity contribution in [1.82, 2.24) is 0 Å². The van der Waals surface area contributed by atoms with Gasteiger partial charge in [-0.1, -0.05) is 12.6 Å². The summed E-state index contributed by atoms with van der Waals surface area (Å²) in [4.78, 5) is 0. The highest BCUT2D eigenvalue weighted by atomic mass is 16.7.